The zero-order valence-electron chi connectivity index (χ0n) is 7.71. The van der Waals surface area contributed by atoms with Crippen molar-refractivity contribution >= 4 is 23.4 Å². The second-order valence-corrected chi connectivity index (χ2v) is 10.5. The molecule has 0 aromatic carbocycles. The van der Waals surface area contributed by atoms with Crippen LogP contribution in [0.5, 0.6) is 0 Å². The molecular weight excluding hydrogens is 121 g/mol. The van der Waals surface area contributed by atoms with Gasteiger partial charge in [-0.05, 0) is 0 Å². The van der Waals surface area contributed by atoms with Gasteiger partial charge in [0.05, 0.1) is 0 Å². The Morgan fingerprint density at radius 1 is 1.11 bits per heavy atom. The quantitative estimate of drug-likeness (QED) is 0.513. The van der Waals surface area contributed by atoms with Gasteiger partial charge in [-0.15, -0.1) is 0 Å². The van der Waals surface area contributed by atoms with Crippen molar-refractivity contribution < 1.29 is 0 Å². The molecule has 0 rings (SSSR count). The maximum absolute atomic E-state index is 2.41. The van der Waals surface area contributed by atoms with Gasteiger partial charge in [0.25, 0.3) is 0 Å². The summed E-state index contributed by atoms with van der Waals surface area (Å²) in [7, 11) is 0. The summed E-state index contributed by atoms with van der Waals surface area (Å²) >= 11 is 2.41. The standard InChI is InChI=1S/C6H15Si.Li.H3N/c1-6(2,3)7(4)5;;/h1-5H3;;1H3. The van der Waals surface area contributed by atoms with Gasteiger partial charge in [-0.25, -0.2) is 0 Å². The van der Waals surface area contributed by atoms with E-state index in [-0.39, 0.29) is 6.15 Å². The second kappa shape index (κ2) is 3.25. The number of hydrogen-bond donors (Lipinski definition) is 1. The van der Waals surface area contributed by atoms with E-state index in [1.807, 2.05) is 0 Å². The third-order valence-corrected chi connectivity index (χ3v) is 6.75. The summed E-state index contributed by atoms with van der Waals surface area (Å²) in [6.07, 6.45) is -0.859. The molecule has 9 heavy (non-hydrogen) atoms. The predicted octanol–water partition coefficient (Wildman–Crippen LogP) is 2.32. The molecule has 0 fully saturated rings. The van der Waals surface area contributed by atoms with Crippen molar-refractivity contribution in [1.29, 1.82) is 0 Å². The Bertz CT molecular complexity index is 68.0. The topological polar surface area (TPSA) is 35.0 Å². The van der Waals surface area contributed by atoms with Crippen LogP contribution in [0.25, 0.3) is 0 Å². The Hall–Kier alpha value is 0.774. The SMILES string of the molecule is N.[Li][Si](C)(C)C(C)(C)C. The number of hydrogen-bond acceptors (Lipinski definition) is 1. The van der Waals surface area contributed by atoms with Crippen molar-refractivity contribution in [2.24, 2.45) is 0 Å². The first kappa shape index (κ1) is 12.5. The zero-order chi connectivity index (χ0) is 7.00. The zero-order valence-corrected chi connectivity index (χ0v) is 8.71. The van der Waals surface area contributed by atoms with Crippen LogP contribution < -0.4 is 6.15 Å². The Balaban J connectivity index is 0. The van der Waals surface area contributed by atoms with Crippen molar-refractivity contribution in [3.63, 3.8) is 0 Å². The molecule has 0 bridgehead atoms. The summed E-state index contributed by atoms with van der Waals surface area (Å²) in [4.78, 5) is 0. The van der Waals surface area contributed by atoms with Gasteiger partial charge in [-0.3, -0.25) is 0 Å². The van der Waals surface area contributed by atoms with E-state index in [0.29, 0.717) is 5.04 Å². The van der Waals surface area contributed by atoms with Gasteiger partial charge in [-0.1, -0.05) is 0 Å². The Morgan fingerprint density at radius 2 is 1.22 bits per heavy atom. The molecule has 0 aliphatic heterocycles. The van der Waals surface area contributed by atoms with Crippen LogP contribution in [0.1, 0.15) is 20.8 Å². The predicted molar refractivity (Wildman–Crippen MR) is 48.0 cm³/mol. The van der Waals surface area contributed by atoms with Crippen LogP contribution in [0.15, 0.2) is 0 Å². The second-order valence-electron chi connectivity index (χ2n) is 4.50. The van der Waals surface area contributed by atoms with Gasteiger partial charge in [-0.2, -0.15) is 0 Å². The molecule has 0 saturated heterocycles. The van der Waals surface area contributed by atoms with Crippen molar-refractivity contribution in [2.45, 2.75) is 38.9 Å². The van der Waals surface area contributed by atoms with Crippen LogP contribution in [0.4, 0.5) is 0 Å². The minimum atomic E-state index is -0.859. The molecule has 0 spiro atoms. The van der Waals surface area contributed by atoms with Crippen LogP contribution in [0, 0.1) is 0 Å². The van der Waals surface area contributed by atoms with E-state index in [0.717, 1.165) is 0 Å². The van der Waals surface area contributed by atoms with Gasteiger partial charge in [0, 0.05) is 0 Å². The van der Waals surface area contributed by atoms with Crippen molar-refractivity contribution in [1.82, 2.24) is 6.15 Å². The average Bonchev–Trinajstić information content (AvgIpc) is 1.25. The van der Waals surface area contributed by atoms with Crippen molar-refractivity contribution in [2.75, 3.05) is 0 Å². The van der Waals surface area contributed by atoms with Crippen LogP contribution in [-0.4, -0.2) is 23.4 Å². The van der Waals surface area contributed by atoms with Crippen LogP contribution in [-0.2, 0) is 0 Å². The van der Waals surface area contributed by atoms with E-state index in [2.05, 4.69) is 50.9 Å². The van der Waals surface area contributed by atoms with Crippen molar-refractivity contribution in [3.8, 4) is 0 Å². The normalized spacial score (nSPS) is 12.8. The third kappa shape index (κ3) is 4.21. The summed E-state index contributed by atoms with van der Waals surface area (Å²) in [6.45, 7) is 11.8. The fourth-order valence-corrected chi connectivity index (χ4v) is 0. The molecule has 0 aromatic heterocycles. The molecule has 0 amide bonds. The molecule has 0 atom stereocenters. The molecule has 1 nitrogen and oxygen atoms in total. The Labute approximate surface area is 68.7 Å². The first-order chi connectivity index (χ1) is 3.25. The molecular formula is C6H18LiNSi. The van der Waals surface area contributed by atoms with Gasteiger partial charge in [0.2, 0.25) is 0 Å². The first-order valence-electron chi connectivity index (χ1n) is 3.25. The summed E-state index contributed by atoms with van der Waals surface area (Å²) in [5.41, 5.74) is 0. The van der Waals surface area contributed by atoms with Crippen LogP contribution >= 0.6 is 0 Å². The van der Waals surface area contributed by atoms with E-state index >= 15 is 0 Å². The van der Waals surface area contributed by atoms with Crippen molar-refractivity contribution in [3.05, 3.63) is 0 Å². The van der Waals surface area contributed by atoms with Gasteiger partial charge >= 0.3 is 62.3 Å². The fraction of sp³-hybridized carbons (Fsp3) is 1.00. The average molecular weight is 139 g/mol. The molecule has 0 radical (unpaired) electrons. The summed E-state index contributed by atoms with van der Waals surface area (Å²) in [6, 6.07) is 0. The first-order valence-corrected chi connectivity index (χ1v) is 6.75. The van der Waals surface area contributed by atoms with Crippen LogP contribution in [0.2, 0.25) is 18.1 Å². The molecule has 3 N–H and O–H groups in total. The molecule has 0 aliphatic rings. The summed E-state index contributed by atoms with van der Waals surface area (Å²) in [5, 5.41) is 0.576. The molecule has 0 aliphatic carbocycles. The van der Waals surface area contributed by atoms with E-state index in [9.17, 15) is 0 Å². The van der Waals surface area contributed by atoms with E-state index in [1.165, 1.54) is 0 Å². The third-order valence-electron chi connectivity index (χ3n) is 2.25. The monoisotopic (exact) mass is 139 g/mol. The minimum absolute atomic E-state index is 0. The van der Waals surface area contributed by atoms with Gasteiger partial charge in [0.1, 0.15) is 0 Å². The Morgan fingerprint density at radius 3 is 1.22 bits per heavy atom. The van der Waals surface area contributed by atoms with Gasteiger partial charge in [0.15, 0.2) is 0 Å². The van der Waals surface area contributed by atoms with E-state index in [1.54, 1.807) is 0 Å². The molecule has 0 saturated carbocycles. The summed E-state index contributed by atoms with van der Waals surface area (Å²) < 4.78 is 0. The fourth-order valence-electron chi connectivity index (χ4n) is 0. The molecule has 0 unspecified atom stereocenters. The molecule has 0 heterocycles. The van der Waals surface area contributed by atoms with Crippen LogP contribution in [0.3, 0.4) is 0 Å². The Kier molecular flexibility index (Phi) is 4.50. The molecule has 3 heteroatoms. The summed E-state index contributed by atoms with van der Waals surface area (Å²) in [5.74, 6) is 0. The van der Waals surface area contributed by atoms with Gasteiger partial charge < -0.3 is 6.15 Å². The van der Waals surface area contributed by atoms with E-state index in [4.69, 9.17) is 0 Å². The maximum atomic E-state index is 2.41. The molecule has 52 valence electrons. The molecule has 0 aromatic rings. The number of rotatable bonds is 0. The van der Waals surface area contributed by atoms with E-state index < -0.39 is 6.40 Å².